The van der Waals surface area contributed by atoms with Crippen LogP contribution in [-0.4, -0.2) is 5.91 Å². The van der Waals surface area contributed by atoms with Crippen LogP contribution in [0, 0.1) is 13.3 Å². The third-order valence-corrected chi connectivity index (χ3v) is 0.175. The molecule has 0 aliphatic heterocycles. The normalized spacial score (nSPS) is 7.40. The van der Waals surface area contributed by atoms with Gasteiger partial charge in [0.25, 0.3) is 5.91 Å². The Kier molecular flexibility index (Phi) is 1.57. The lowest BCUT2D eigenvalue weighted by Gasteiger charge is -1.65. The van der Waals surface area contributed by atoms with Gasteiger partial charge in [0, 0.05) is 0 Å². The number of hydrogen-bond donors (Lipinski definition) is 0. The average Bonchev–Trinajstić information content (AvgIpc) is 1.38. The van der Waals surface area contributed by atoms with E-state index in [-0.39, 0.29) is 0 Å². The molecule has 0 N–H and O–H groups in total. The van der Waals surface area contributed by atoms with E-state index in [1.165, 1.54) is 0 Å². The van der Waals surface area contributed by atoms with Crippen molar-refractivity contribution in [2.45, 2.75) is 0 Å². The van der Waals surface area contributed by atoms with Crippen molar-refractivity contribution in [1.29, 1.82) is 0 Å². The molecule has 0 unspecified atom stereocenters. The van der Waals surface area contributed by atoms with Gasteiger partial charge in [-0.25, -0.2) is 0 Å². The van der Waals surface area contributed by atoms with Gasteiger partial charge in [0.2, 0.25) is 0 Å². The molecule has 0 spiro atoms. The van der Waals surface area contributed by atoms with Gasteiger partial charge in [0.15, 0.2) is 0 Å². The average molecular weight is 69.1 g/mol. The van der Waals surface area contributed by atoms with Crippen molar-refractivity contribution >= 4 is 5.91 Å². The van der Waals surface area contributed by atoms with E-state index in [0.29, 0.717) is 0 Å². The van der Waals surface area contributed by atoms with Gasteiger partial charge in [-0.3, -0.25) is 4.79 Å². The minimum atomic E-state index is -0.981. The fourth-order valence-corrected chi connectivity index (χ4v) is 0. The van der Waals surface area contributed by atoms with E-state index in [9.17, 15) is 4.79 Å². The van der Waals surface area contributed by atoms with Crippen LogP contribution in [-0.2, 0) is 4.79 Å². The molecule has 0 saturated heterocycles. The number of carbonyl (C=O) groups excluding carboxylic acids is 1. The lowest BCUT2D eigenvalue weighted by Crippen LogP contribution is -1.92. The molecule has 0 heterocycles. The first kappa shape index (κ1) is 4.47. The van der Waals surface area contributed by atoms with Crippen molar-refractivity contribution in [2.75, 3.05) is 0 Å². The zero-order valence-electron chi connectivity index (χ0n) is 2.64. The molecule has 0 aliphatic carbocycles. The minimum Gasteiger partial charge on any atom is -0.271 e. The first-order chi connectivity index (χ1) is 2.27. The number of rotatable bonds is 1. The lowest BCUT2D eigenvalue weighted by molar-refractivity contribution is -0.115. The summed E-state index contributed by atoms with van der Waals surface area (Å²) >= 11 is 0. The fourth-order valence-electron chi connectivity index (χ4n) is 0. The second-order valence-electron chi connectivity index (χ2n) is 0.542. The van der Waals surface area contributed by atoms with E-state index in [4.69, 9.17) is 5.73 Å². The lowest BCUT2D eigenvalue weighted by atomic mass is 10.5. The molecule has 0 bridgehead atoms. The Morgan fingerprint density at radius 2 is 2.20 bits per heavy atom. The van der Waals surface area contributed by atoms with Gasteiger partial charge in [-0.15, -0.1) is 5.73 Å². The van der Waals surface area contributed by atoms with E-state index in [1.54, 1.807) is 0 Å². The maximum Gasteiger partial charge on any atom is 0.268 e. The predicted molar refractivity (Wildman–Crippen MR) is 16.8 cm³/mol. The van der Waals surface area contributed by atoms with Gasteiger partial charge in [-0.2, -0.15) is 0 Å². The van der Waals surface area contributed by atoms with Crippen molar-refractivity contribution in [2.24, 2.45) is 0 Å². The molecular weight excluding hydrogens is 66.0 g/mol. The smallest absolute Gasteiger partial charge is 0.268 e. The summed E-state index contributed by atoms with van der Waals surface area (Å²) in [4.78, 5) is 9.25. The van der Waals surface area contributed by atoms with E-state index >= 15 is 0 Å². The molecule has 2 nitrogen and oxygen atoms in total. The van der Waals surface area contributed by atoms with E-state index in [2.05, 4.69) is 6.92 Å². The first-order valence-corrected chi connectivity index (χ1v) is 1.12. The van der Waals surface area contributed by atoms with Crippen LogP contribution in [0.1, 0.15) is 0 Å². The molecule has 1 amide bonds. The molecule has 0 rings (SSSR count). The molecular formula is C3H3NO. The summed E-state index contributed by atoms with van der Waals surface area (Å²) in [5, 5.41) is 0. The quantitative estimate of drug-likeness (QED) is 0.413. The largest absolute Gasteiger partial charge is 0.271 e. The molecule has 0 atom stereocenters. The van der Waals surface area contributed by atoms with Crippen LogP contribution < -0.4 is 5.73 Å². The molecule has 26 valence electrons. The topological polar surface area (TPSA) is 39.4 Å². The summed E-state index contributed by atoms with van der Waals surface area (Å²) in [7, 11) is 0. The minimum absolute atomic E-state index is 0.833. The first-order valence-electron chi connectivity index (χ1n) is 1.12. The van der Waals surface area contributed by atoms with Gasteiger partial charge >= 0.3 is 0 Å². The molecule has 4 radical (unpaired) electrons. The summed E-state index contributed by atoms with van der Waals surface area (Å²) < 4.78 is 0. The van der Waals surface area contributed by atoms with Crippen LogP contribution in [0.3, 0.4) is 0 Å². The van der Waals surface area contributed by atoms with Gasteiger partial charge in [0.05, 0.1) is 6.42 Å². The molecule has 0 aromatic heterocycles. The summed E-state index contributed by atoms with van der Waals surface area (Å²) in [6.45, 7) is 2.96. The zero-order chi connectivity index (χ0) is 4.28. The summed E-state index contributed by atoms with van der Waals surface area (Å²) in [5.41, 5.74) is 7.60. The highest BCUT2D eigenvalue weighted by Gasteiger charge is 1.83. The van der Waals surface area contributed by atoms with Gasteiger partial charge in [0.1, 0.15) is 0 Å². The fraction of sp³-hybridized carbons (Fsp3) is 0. The highest BCUT2D eigenvalue weighted by molar-refractivity contribution is 5.82. The Hall–Kier alpha value is -0.530. The van der Waals surface area contributed by atoms with Crippen molar-refractivity contribution < 1.29 is 4.79 Å². The highest BCUT2D eigenvalue weighted by atomic mass is 16.1. The second kappa shape index (κ2) is 1.76. The SMILES string of the molecule is [CH2][CH]C([N])=O. The Labute approximate surface area is 31.0 Å². The third kappa shape index (κ3) is 3.47. The van der Waals surface area contributed by atoms with E-state index in [1.807, 2.05) is 0 Å². The van der Waals surface area contributed by atoms with Gasteiger partial charge in [-0.1, -0.05) is 0 Å². The zero-order valence-corrected chi connectivity index (χ0v) is 2.64. The van der Waals surface area contributed by atoms with Crippen LogP contribution in [0.2, 0.25) is 0 Å². The predicted octanol–water partition coefficient (Wildman–Crippen LogP) is -0.380. The number of carbonyl (C=O) groups is 1. The molecule has 0 saturated carbocycles. The van der Waals surface area contributed by atoms with Crippen molar-refractivity contribution in [3.05, 3.63) is 13.3 Å². The number of hydrogen-bond acceptors (Lipinski definition) is 1. The third-order valence-electron chi connectivity index (χ3n) is 0.175. The monoisotopic (exact) mass is 69.0 g/mol. The Bertz CT molecular complexity index is 42.2. The van der Waals surface area contributed by atoms with Crippen LogP contribution in [0.4, 0.5) is 0 Å². The maximum absolute atomic E-state index is 9.25. The van der Waals surface area contributed by atoms with Crippen LogP contribution in [0.25, 0.3) is 0 Å². The van der Waals surface area contributed by atoms with E-state index in [0.717, 1.165) is 6.42 Å². The molecule has 5 heavy (non-hydrogen) atoms. The second-order valence-corrected chi connectivity index (χ2v) is 0.542. The Balaban J connectivity index is 2.85. The summed E-state index contributed by atoms with van der Waals surface area (Å²) in [6, 6.07) is 0. The highest BCUT2D eigenvalue weighted by Crippen LogP contribution is 1.62. The maximum atomic E-state index is 9.25. The molecule has 2 heteroatoms. The van der Waals surface area contributed by atoms with Crippen LogP contribution in [0.15, 0.2) is 0 Å². The molecule has 0 aromatic rings. The molecule has 0 aliphatic rings. The van der Waals surface area contributed by atoms with Crippen LogP contribution in [0.5, 0.6) is 0 Å². The number of nitrogens with zero attached hydrogens (tertiary/aromatic N) is 1. The molecule has 0 aromatic carbocycles. The Morgan fingerprint density at radius 3 is 2.20 bits per heavy atom. The van der Waals surface area contributed by atoms with Crippen LogP contribution >= 0.6 is 0 Å². The van der Waals surface area contributed by atoms with Crippen molar-refractivity contribution in [1.82, 2.24) is 5.73 Å². The van der Waals surface area contributed by atoms with Gasteiger partial charge < -0.3 is 0 Å². The summed E-state index contributed by atoms with van der Waals surface area (Å²) in [5.74, 6) is -0.981. The van der Waals surface area contributed by atoms with Crippen molar-refractivity contribution in [3.8, 4) is 0 Å². The summed E-state index contributed by atoms with van der Waals surface area (Å²) in [6.07, 6.45) is 0.833. The van der Waals surface area contributed by atoms with Crippen molar-refractivity contribution in [3.63, 3.8) is 0 Å². The van der Waals surface area contributed by atoms with Gasteiger partial charge in [-0.05, 0) is 6.92 Å². The standard InChI is InChI=1S/C3H3NO/c1-2-3(4)5/h2H,1H2. The molecule has 0 fully saturated rings. The van der Waals surface area contributed by atoms with E-state index < -0.39 is 5.91 Å². The Morgan fingerprint density at radius 1 is 2.00 bits per heavy atom. The number of amides is 1.